The van der Waals surface area contributed by atoms with Crippen molar-refractivity contribution in [1.82, 2.24) is 14.8 Å². The molecule has 0 aliphatic rings. The van der Waals surface area contributed by atoms with Gasteiger partial charge in [0.25, 0.3) is 5.69 Å². The minimum absolute atomic E-state index is 0.0447. The van der Waals surface area contributed by atoms with Crippen molar-refractivity contribution >= 4 is 17.4 Å². The molecule has 0 amide bonds. The van der Waals surface area contributed by atoms with E-state index in [0.717, 1.165) is 17.1 Å². The minimum Gasteiger partial charge on any atom is -0.298 e. The zero-order valence-electron chi connectivity index (χ0n) is 15.3. The second-order valence-electron chi connectivity index (χ2n) is 6.05. The van der Waals surface area contributed by atoms with Gasteiger partial charge in [0, 0.05) is 29.5 Å². The van der Waals surface area contributed by atoms with Gasteiger partial charge in [-0.15, -0.1) is 23.4 Å². The van der Waals surface area contributed by atoms with Crippen molar-refractivity contribution in [3.8, 4) is 11.4 Å². The number of thioether (sulfide) groups is 1. The van der Waals surface area contributed by atoms with E-state index in [2.05, 4.69) is 35.5 Å². The molecule has 3 rings (SSSR count). The Morgan fingerprint density at radius 3 is 2.39 bits per heavy atom. The first-order chi connectivity index (χ1) is 13.6. The summed E-state index contributed by atoms with van der Waals surface area (Å²) >= 11 is 1.62. The molecule has 0 fully saturated rings. The number of hydrogen-bond donors (Lipinski definition) is 0. The van der Waals surface area contributed by atoms with Crippen LogP contribution in [0.4, 0.5) is 5.69 Å². The van der Waals surface area contributed by atoms with Crippen molar-refractivity contribution in [2.24, 2.45) is 0 Å². The van der Waals surface area contributed by atoms with Crippen LogP contribution in [0.5, 0.6) is 0 Å². The molecular weight excluding hydrogens is 372 g/mol. The van der Waals surface area contributed by atoms with Gasteiger partial charge in [-0.05, 0) is 24.1 Å². The Labute approximate surface area is 167 Å². The molecule has 0 aliphatic heterocycles. The highest BCUT2D eigenvalue weighted by Gasteiger charge is 2.19. The fraction of sp³-hybridized carbons (Fsp3) is 0.143. The van der Waals surface area contributed by atoms with Crippen LogP contribution in [0.15, 0.2) is 85.1 Å². The largest absolute Gasteiger partial charge is 0.298 e. The van der Waals surface area contributed by atoms with Crippen LogP contribution >= 0.6 is 11.8 Å². The standard InChI is InChI=1S/C21H20N4O2S/c1-3-8-19(16-9-6-5-7-10-16)28-21-23-22-20(24(21)15-4-2)17-11-13-18(14-12-17)25(26)27/h3-7,9-14,19H,1-2,8,15H2. The first kappa shape index (κ1) is 19.6. The van der Waals surface area contributed by atoms with Gasteiger partial charge in [-0.3, -0.25) is 14.7 Å². The van der Waals surface area contributed by atoms with Crippen molar-refractivity contribution < 1.29 is 4.92 Å². The predicted octanol–water partition coefficient (Wildman–Crippen LogP) is 5.45. The fourth-order valence-electron chi connectivity index (χ4n) is 2.81. The molecular formula is C21H20N4O2S. The molecule has 0 saturated carbocycles. The normalized spacial score (nSPS) is 11.7. The van der Waals surface area contributed by atoms with E-state index in [1.54, 1.807) is 30.0 Å². The van der Waals surface area contributed by atoms with E-state index in [-0.39, 0.29) is 10.9 Å². The monoisotopic (exact) mass is 392 g/mol. The third-order valence-corrected chi connectivity index (χ3v) is 5.43. The molecule has 28 heavy (non-hydrogen) atoms. The Morgan fingerprint density at radius 2 is 1.79 bits per heavy atom. The summed E-state index contributed by atoms with van der Waals surface area (Å²) in [6, 6.07) is 16.5. The van der Waals surface area contributed by atoms with Gasteiger partial charge >= 0.3 is 0 Å². The van der Waals surface area contributed by atoms with Crippen molar-refractivity contribution in [3.05, 3.63) is 95.6 Å². The van der Waals surface area contributed by atoms with Crippen molar-refractivity contribution in [2.75, 3.05) is 0 Å². The number of allylic oxidation sites excluding steroid dienone is 2. The maximum Gasteiger partial charge on any atom is 0.269 e. The minimum atomic E-state index is -0.417. The molecule has 0 N–H and O–H groups in total. The zero-order valence-corrected chi connectivity index (χ0v) is 16.1. The number of non-ortho nitro benzene ring substituents is 1. The first-order valence-corrected chi connectivity index (χ1v) is 9.63. The summed E-state index contributed by atoms with van der Waals surface area (Å²) in [7, 11) is 0. The van der Waals surface area contributed by atoms with Gasteiger partial charge in [0.05, 0.1) is 4.92 Å². The van der Waals surface area contributed by atoms with E-state index in [1.165, 1.54) is 17.7 Å². The van der Waals surface area contributed by atoms with E-state index < -0.39 is 4.92 Å². The molecule has 7 heteroatoms. The summed E-state index contributed by atoms with van der Waals surface area (Å²) in [4.78, 5) is 10.5. The van der Waals surface area contributed by atoms with Gasteiger partial charge in [0.1, 0.15) is 0 Å². The molecule has 1 heterocycles. The van der Waals surface area contributed by atoms with Gasteiger partial charge in [-0.1, -0.05) is 54.2 Å². The Hall–Kier alpha value is -3.19. The molecule has 2 aromatic carbocycles. The summed E-state index contributed by atoms with van der Waals surface area (Å²) in [5.41, 5.74) is 2.01. The van der Waals surface area contributed by atoms with Crippen LogP contribution in [0, 0.1) is 10.1 Å². The van der Waals surface area contributed by atoms with Crippen LogP contribution in [-0.2, 0) is 6.54 Å². The van der Waals surface area contributed by atoms with Crippen LogP contribution in [0.2, 0.25) is 0 Å². The molecule has 1 atom stereocenters. The summed E-state index contributed by atoms with van der Waals surface area (Å²) in [5.74, 6) is 0.655. The van der Waals surface area contributed by atoms with E-state index in [0.29, 0.717) is 12.4 Å². The lowest BCUT2D eigenvalue weighted by Gasteiger charge is -2.15. The number of nitrogens with zero attached hydrogens (tertiary/aromatic N) is 4. The SMILES string of the molecule is C=CCC(Sc1nnc(-c2ccc([N+](=O)[O-])cc2)n1CC=C)c1ccccc1. The summed E-state index contributed by atoms with van der Waals surface area (Å²) in [6.45, 7) is 8.24. The third-order valence-electron chi connectivity index (χ3n) is 4.16. The number of nitro groups is 1. The van der Waals surface area contributed by atoms with Crippen molar-refractivity contribution in [3.63, 3.8) is 0 Å². The van der Waals surface area contributed by atoms with Gasteiger partial charge in [0.2, 0.25) is 0 Å². The lowest BCUT2D eigenvalue weighted by Crippen LogP contribution is -2.02. The van der Waals surface area contributed by atoms with Crippen LogP contribution < -0.4 is 0 Å². The third kappa shape index (κ3) is 4.37. The average molecular weight is 392 g/mol. The Bertz CT molecular complexity index is 968. The van der Waals surface area contributed by atoms with E-state index >= 15 is 0 Å². The molecule has 1 aromatic heterocycles. The second-order valence-corrected chi connectivity index (χ2v) is 7.22. The molecule has 142 valence electrons. The number of aromatic nitrogens is 3. The molecule has 3 aromatic rings. The second kappa shape index (κ2) is 9.14. The number of benzene rings is 2. The summed E-state index contributed by atoms with van der Waals surface area (Å²) in [6.07, 6.45) is 4.48. The molecule has 0 saturated heterocycles. The Balaban J connectivity index is 1.94. The predicted molar refractivity (Wildman–Crippen MR) is 112 cm³/mol. The highest BCUT2D eigenvalue weighted by atomic mass is 32.2. The topological polar surface area (TPSA) is 73.8 Å². The highest BCUT2D eigenvalue weighted by Crippen LogP contribution is 2.38. The smallest absolute Gasteiger partial charge is 0.269 e. The van der Waals surface area contributed by atoms with Crippen LogP contribution in [0.3, 0.4) is 0 Å². The average Bonchev–Trinajstić information content (AvgIpc) is 3.11. The van der Waals surface area contributed by atoms with Crippen molar-refractivity contribution in [1.29, 1.82) is 0 Å². The zero-order chi connectivity index (χ0) is 19.9. The molecule has 0 bridgehead atoms. The Kier molecular flexibility index (Phi) is 6.39. The maximum absolute atomic E-state index is 10.9. The van der Waals surface area contributed by atoms with Crippen molar-refractivity contribution in [2.45, 2.75) is 23.4 Å². The first-order valence-electron chi connectivity index (χ1n) is 8.75. The summed E-state index contributed by atoms with van der Waals surface area (Å²) < 4.78 is 1.97. The lowest BCUT2D eigenvalue weighted by atomic mass is 10.1. The van der Waals surface area contributed by atoms with Gasteiger partial charge in [-0.2, -0.15) is 0 Å². The van der Waals surface area contributed by atoms with Crippen LogP contribution in [0.25, 0.3) is 11.4 Å². The van der Waals surface area contributed by atoms with Gasteiger partial charge < -0.3 is 0 Å². The molecule has 0 aliphatic carbocycles. The quantitative estimate of drug-likeness (QED) is 0.209. The number of rotatable bonds is 9. The fourth-order valence-corrected chi connectivity index (χ4v) is 3.97. The van der Waals surface area contributed by atoms with Crippen LogP contribution in [0.1, 0.15) is 17.2 Å². The molecule has 1 unspecified atom stereocenters. The lowest BCUT2D eigenvalue weighted by molar-refractivity contribution is -0.384. The summed E-state index contributed by atoms with van der Waals surface area (Å²) in [5, 5.41) is 20.5. The van der Waals surface area contributed by atoms with E-state index in [4.69, 9.17) is 0 Å². The molecule has 0 radical (unpaired) electrons. The van der Waals surface area contributed by atoms with Crippen LogP contribution in [-0.4, -0.2) is 19.7 Å². The van der Waals surface area contributed by atoms with Gasteiger partial charge in [-0.25, -0.2) is 0 Å². The molecule has 6 nitrogen and oxygen atoms in total. The number of nitro benzene ring substituents is 1. The number of hydrogen-bond acceptors (Lipinski definition) is 5. The maximum atomic E-state index is 10.9. The Morgan fingerprint density at radius 1 is 1.07 bits per heavy atom. The van der Waals surface area contributed by atoms with E-state index in [9.17, 15) is 10.1 Å². The molecule has 0 spiro atoms. The van der Waals surface area contributed by atoms with Gasteiger partial charge in [0.15, 0.2) is 11.0 Å². The van der Waals surface area contributed by atoms with E-state index in [1.807, 2.05) is 28.8 Å². The highest BCUT2D eigenvalue weighted by molar-refractivity contribution is 7.99.